The molecule has 1 amide bonds. The van der Waals surface area contributed by atoms with Crippen molar-refractivity contribution in [3.63, 3.8) is 0 Å². The van der Waals surface area contributed by atoms with Crippen LogP contribution in [0, 0.1) is 25.2 Å². The molecule has 3 aromatic rings. The summed E-state index contributed by atoms with van der Waals surface area (Å²) in [5.41, 5.74) is 5.76. The number of carboxylic acids is 1. The Balaban J connectivity index is 1.66. The van der Waals surface area contributed by atoms with Crippen LogP contribution in [0.25, 0.3) is 0 Å². The van der Waals surface area contributed by atoms with E-state index in [1.54, 1.807) is 42.1 Å². The maximum absolute atomic E-state index is 13.6. The minimum Gasteiger partial charge on any atom is -0.478 e. The summed E-state index contributed by atoms with van der Waals surface area (Å²) in [4.78, 5) is 27.6. The number of amides is 1. The topological polar surface area (TPSA) is 81.4 Å². The highest BCUT2D eigenvalue weighted by Crippen LogP contribution is 2.43. The average Bonchev–Trinajstić information content (AvgIpc) is 2.78. The zero-order valence-corrected chi connectivity index (χ0v) is 18.6. The van der Waals surface area contributed by atoms with Crippen molar-refractivity contribution >= 4 is 29.3 Å². The number of benzene rings is 3. The largest absolute Gasteiger partial charge is 0.478 e. The molecule has 4 rings (SSSR count). The molecular weight excluding hydrogens is 420 g/mol. The van der Waals surface area contributed by atoms with Gasteiger partial charge in [0.15, 0.2) is 0 Å². The molecule has 0 spiro atoms. The Bertz CT molecular complexity index is 1240. The molecule has 160 valence electrons. The predicted octanol–water partition coefficient (Wildman–Crippen LogP) is 5.12. The summed E-state index contributed by atoms with van der Waals surface area (Å²) in [5, 5.41) is 18.0. The Morgan fingerprint density at radius 1 is 1.09 bits per heavy atom. The van der Waals surface area contributed by atoms with Crippen molar-refractivity contribution in [2.45, 2.75) is 37.0 Å². The molecule has 0 aliphatic carbocycles. The van der Waals surface area contributed by atoms with Crippen LogP contribution < -0.4 is 4.90 Å². The van der Waals surface area contributed by atoms with Gasteiger partial charge in [0.2, 0.25) is 5.91 Å². The monoisotopic (exact) mass is 442 g/mol. The molecule has 1 unspecified atom stereocenters. The Morgan fingerprint density at radius 3 is 2.50 bits per heavy atom. The summed E-state index contributed by atoms with van der Waals surface area (Å²) in [6.45, 7) is 4.44. The molecule has 0 saturated heterocycles. The van der Waals surface area contributed by atoms with E-state index in [1.165, 1.54) is 0 Å². The number of carbonyl (C=O) groups is 2. The Morgan fingerprint density at radius 2 is 1.84 bits per heavy atom. The minimum atomic E-state index is -0.965. The summed E-state index contributed by atoms with van der Waals surface area (Å²) < 4.78 is 0. The highest BCUT2D eigenvalue weighted by atomic mass is 32.2. The van der Waals surface area contributed by atoms with Crippen molar-refractivity contribution in [2.24, 2.45) is 0 Å². The van der Waals surface area contributed by atoms with Gasteiger partial charge in [0.05, 0.1) is 34.7 Å². The number of aromatic carboxylic acids is 1. The summed E-state index contributed by atoms with van der Waals surface area (Å²) in [7, 11) is 0. The molecule has 0 fully saturated rings. The maximum atomic E-state index is 13.6. The molecule has 5 nitrogen and oxygen atoms in total. The fraction of sp³-hybridized carbons (Fsp3) is 0.192. The van der Waals surface area contributed by atoms with Crippen molar-refractivity contribution in [3.05, 3.63) is 94.0 Å². The molecule has 0 aromatic heterocycles. The fourth-order valence-electron chi connectivity index (χ4n) is 3.89. The first-order chi connectivity index (χ1) is 15.4. The lowest BCUT2D eigenvalue weighted by Crippen LogP contribution is -2.41. The second-order valence-electron chi connectivity index (χ2n) is 7.91. The van der Waals surface area contributed by atoms with Crippen LogP contribution in [0.5, 0.6) is 0 Å². The van der Waals surface area contributed by atoms with Gasteiger partial charge in [-0.25, -0.2) is 4.79 Å². The van der Waals surface area contributed by atoms with E-state index in [0.29, 0.717) is 18.5 Å². The average molecular weight is 443 g/mol. The molecular formula is C26H22N2O3S. The van der Waals surface area contributed by atoms with Crippen molar-refractivity contribution < 1.29 is 14.7 Å². The first-order valence-corrected chi connectivity index (χ1v) is 11.1. The maximum Gasteiger partial charge on any atom is 0.335 e. The van der Waals surface area contributed by atoms with Crippen molar-refractivity contribution in [1.29, 1.82) is 5.26 Å². The number of nitrogens with zero attached hydrogens (tertiary/aromatic N) is 2. The van der Waals surface area contributed by atoms with E-state index in [-0.39, 0.29) is 16.7 Å². The van der Waals surface area contributed by atoms with Gasteiger partial charge in [-0.15, -0.1) is 11.8 Å². The lowest BCUT2D eigenvalue weighted by molar-refractivity contribution is -0.118. The molecule has 1 N–H and O–H groups in total. The summed E-state index contributed by atoms with van der Waals surface area (Å²) >= 11 is 1.57. The van der Waals surface area contributed by atoms with Gasteiger partial charge in [-0.3, -0.25) is 4.79 Å². The first-order valence-electron chi connectivity index (χ1n) is 10.3. The smallest absolute Gasteiger partial charge is 0.335 e. The number of aryl methyl sites for hydroxylation is 2. The number of rotatable bonds is 5. The molecule has 1 atom stereocenters. The lowest BCUT2D eigenvalue weighted by atomic mass is 10.0. The molecule has 1 heterocycles. The Labute approximate surface area is 191 Å². The normalized spacial score (nSPS) is 15.2. The van der Waals surface area contributed by atoms with Crippen LogP contribution in [-0.4, -0.2) is 22.2 Å². The van der Waals surface area contributed by atoms with Crippen LogP contribution in [0.3, 0.4) is 0 Å². The highest BCUT2D eigenvalue weighted by Gasteiger charge is 2.34. The van der Waals surface area contributed by atoms with Crippen LogP contribution in [-0.2, 0) is 17.8 Å². The van der Waals surface area contributed by atoms with E-state index in [9.17, 15) is 9.59 Å². The Hall–Kier alpha value is -3.56. The minimum absolute atomic E-state index is 0.0270. The molecule has 0 radical (unpaired) electrons. The third-order valence-electron chi connectivity index (χ3n) is 5.71. The van der Waals surface area contributed by atoms with Gasteiger partial charge in [-0.2, -0.15) is 5.26 Å². The van der Waals surface area contributed by atoms with Crippen molar-refractivity contribution in [3.8, 4) is 6.07 Å². The zero-order chi connectivity index (χ0) is 22.8. The standard InChI is InChI=1S/C26H22N2O3S/c1-16-4-3-5-22-24(16)32-23(13-18-6-9-20(10-7-18)26(30)31)25(29)28(22)15-21-11-8-19(14-27)12-17(21)2/h3-12,23H,13,15H2,1-2H3,(H,30,31). The first kappa shape index (κ1) is 21.7. The number of hydrogen-bond acceptors (Lipinski definition) is 4. The number of carboxylic acid groups (broad SMARTS) is 1. The van der Waals surface area contributed by atoms with E-state index in [1.807, 2.05) is 49.1 Å². The number of carbonyl (C=O) groups excluding carboxylic acids is 1. The van der Waals surface area contributed by atoms with Crippen LogP contribution >= 0.6 is 11.8 Å². The number of thioether (sulfide) groups is 1. The number of hydrogen-bond donors (Lipinski definition) is 1. The van der Waals surface area contributed by atoms with Crippen LogP contribution in [0.4, 0.5) is 5.69 Å². The Kier molecular flexibility index (Phi) is 6.02. The quantitative estimate of drug-likeness (QED) is 0.593. The van der Waals surface area contributed by atoms with Gasteiger partial charge in [-0.1, -0.05) is 30.3 Å². The molecule has 6 heteroatoms. The SMILES string of the molecule is Cc1cc(C#N)ccc1CN1C(=O)C(Cc2ccc(C(=O)O)cc2)Sc2c(C)cccc21. The van der Waals surface area contributed by atoms with Crippen LogP contribution in [0.1, 0.15) is 38.2 Å². The number of anilines is 1. The summed E-state index contributed by atoms with van der Waals surface area (Å²) in [5.74, 6) is -0.938. The third-order valence-corrected chi connectivity index (χ3v) is 7.13. The predicted molar refractivity (Wildman–Crippen MR) is 125 cm³/mol. The molecule has 0 saturated carbocycles. The molecule has 0 bridgehead atoms. The molecule has 32 heavy (non-hydrogen) atoms. The zero-order valence-electron chi connectivity index (χ0n) is 17.8. The second kappa shape index (κ2) is 8.89. The van der Waals surface area contributed by atoms with Crippen molar-refractivity contribution in [2.75, 3.05) is 4.90 Å². The van der Waals surface area contributed by atoms with Gasteiger partial charge >= 0.3 is 5.97 Å². The van der Waals surface area contributed by atoms with E-state index >= 15 is 0 Å². The summed E-state index contributed by atoms with van der Waals surface area (Å²) in [6.07, 6.45) is 0.514. The fourth-order valence-corrected chi connectivity index (χ4v) is 5.23. The number of nitriles is 1. The van der Waals surface area contributed by atoms with E-state index in [0.717, 1.165) is 32.8 Å². The molecule has 1 aliphatic rings. The molecule has 3 aromatic carbocycles. The highest BCUT2D eigenvalue weighted by molar-refractivity contribution is 8.01. The van der Waals surface area contributed by atoms with E-state index in [4.69, 9.17) is 10.4 Å². The van der Waals surface area contributed by atoms with Crippen LogP contribution in [0.15, 0.2) is 65.6 Å². The van der Waals surface area contributed by atoms with Gasteiger partial charge < -0.3 is 10.0 Å². The van der Waals surface area contributed by atoms with Crippen LogP contribution in [0.2, 0.25) is 0 Å². The van der Waals surface area contributed by atoms with Gasteiger partial charge in [0.25, 0.3) is 0 Å². The van der Waals surface area contributed by atoms with E-state index in [2.05, 4.69) is 6.07 Å². The second-order valence-corrected chi connectivity index (χ2v) is 9.13. The lowest BCUT2D eigenvalue weighted by Gasteiger charge is -2.35. The number of fused-ring (bicyclic) bond motifs is 1. The van der Waals surface area contributed by atoms with E-state index < -0.39 is 5.97 Å². The summed E-state index contributed by atoms with van der Waals surface area (Å²) in [6, 6.07) is 20.4. The van der Waals surface area contributed by atoms with Gasteiger partial charge in [0, 0.05) is 4.90 Å². The van der Waals surface area contributed by atoms with Gasteiger partial charge in [-0.05, 0) is 72.9 Å². The van der Waals surface area contributed by atoms with Crippen molar-refractivity contribution in [1.82, 2.24) is 0 Å². The third kappa shape index (κ3) is 4.25. The molecule has 1 aliphatic heterocycles. The van der Waals surface area contributed by atoms with Gasteiger partial charge in [0.1, 0.15) is 0 Å².